The van der Waals surface area contributed by atoms with Gasteiger partial charge in [-0.25, -0.2) is 25.9 Å². The zero-order valence-electron chi connectivity index (χ0n) is 11.0. The Bertz CT molecular complexity index is 470. The first kappa shape index (κ1) is 17.2. The van der Waals surface area contributed by atoms with Gasteiger partial charge in [-0.1, -0.05) is 0 Å². The maximum absolute atomic E-state index is 12.0. The summed E-state index contributed by atoms with van der Waals surface area (Å²) in [5.41, 5.74) is 0. The summed E-state index contributed by atoms with van der Waals surface area (Å²) in [7, 11) is -6.45. The molecule has 9 heteroatoms. The highest BCUT2D eigenvalue weighted by atomic mass is 35.5. The molecule has 1 aliphatic heterocycles. The van der Waals surface area contributed by atoms with Gasteiger partial charge in [0.25, 0.3) is 0 Å². The maximum atomic E-state index is 12.0. The van der Waals surface area contributed by atoms with E-state index in [0.717, 1.165) is 6.26 Å². The van der Waals surface area contributed by atoms with Gasteiger partial charge in [-0.05, 0) is 25.7 Å². The molecule has 1 saturated heterocycles. The highest BCUT2D eigenvalue weighted by molar-refractivity contribution is 7.89. The smallest absolute Gasteiger partial charge is 0.213 e. The lowest BCUT2D eigenvalue weighted by Crippen LogP contribution is -2.46. The van der Waals surface area contributed by atoms with Crippen LogP contribution in [0.1, 0.15) is 25.7 Å². The van der Waals surface area contributed by atoms with Gasteiger partial charge in [-0.3, -0.25) is 0 Å². The molecule has 1 aliphatic rings. The van der Waals surface area contributed by atoms with E-state index >= 15 is 0 Å². The van der Waals surface area contributed by atoms with Gasteiger partial charge in [-0.15, -0.1) is 11.6 Å². The molecule has 0 bridgehead atoms. The Morgan fingerprint density at radius 3 is 2.21 bits per heavy atom. The molecular weight excluding hydrogens is 312 g/mol. The maximum Gasteiger partial charge on any atom is 0.214 e. The molecule has 1 N–H and O–H groups in total. The quantitative estimate of drug-likeness (QED) is 0.538. The summed E-state index contributed by atoms with van der Waals surface area (Å²) in [5.74, 6) is 0.583. The summed E-state index contributed by atoms with van der Waals surface area (Å²) in [6, 6.07) is -0.163. The first-order chi connectivity index (χ1) is 8.74. The topological polar surface area (TPSA) is 83.6 Å². The number of alkyl halides is 1. The number of hydrogen-bond acceptors (Lipinski definition) is 4. The Kier molecular flexibility index (Phi) is 6.52. The Hall–Kier alpha value is 0.110. The van der Waals surface area contributed by atoms with Crippen molar-refractivity contribution in [1.82, 2.24) is 9.03 Å². The van der Waals surface area contributed by atoms with Crippen molar-refractivity contribution in [3.05, 3.63) is 0 Å². The van der Waals surface area contributed by atoms with Gasteiger partial charge in [0, 0.05) is 25.0 Å². The van der Waals surface area contributed by atoms with Crippen LogP contribution in [0.25, 0.3) is 0 Å². The first-order valence-electron chi connectivity index (χ1n) is 6.26. The van der Waals surface area contributed by atoms with Gasteiger partial charge in [0.1, 0.15) is 0 Å². The third kappa shape index (κ3) is 6.40. The highest BCUT2D eigenvalue weighted by Crippen LogP contribution is 2.16. The van der Waals surface area contributed by atoms with E-state index in [1.165, 1.54) is 4.31 Å². The fraction of sp³-hybridized carbons (Fsp3) is 1.00. The first-order valence-corrected chi connectivity index (χ1v) is 10.3. The molecule has 0 aromatic heterocycles. The monoisotopic (exact) mass is 332 g/mol. The van der Waals surface area contributed by atoms with Crippen LogP contribution in [0.2, 0.25) is 0 Å². The van der Waals surface area contributed by atoms with Gasteiger partial charge in [-0.2, -0.15) is 0 Å². The number of hydrogen-bond donors (Lipinski definition) is 1. The second-order valence-corrected chi connectivity index (χ2v) is 9.02. The molecule has 0 aliphatic carbocycles. The van der Waals surface area contributed by atoms with Crippen LogP contribution in [-0.4, -0.2) is 58.2 Å². The average Bonchev–Trinajstić information content (AvgIpc) is 2.27. The third-order valence-electron chi connectivity index (χ3n) is 3.01. The molecule has 0 unspecified atom stereocenters. The van der Waals surface area contributed by atoms with Crippen LogP contribution in [0.4, 0.5) is 0 Å². The molecule has 0 aromatic carbocycles. The normalized spacial score (nSPS) is 19.7. The second-order valence-electron chi connectivity index (χ2n) is 4.78. The summed E-state index contributed by atoms with van der Waals surface area (Å²) in [5, 5.41) is 0. The average molecular weight is 333 g/mol. The van der Waals surface area contributed by atoms with E-state index in [0.29, 0.717) is 44.7 Å². The Labute approximate surface area is 120 Å². The van der Waals surface area contributed by atoms with Gasteiger partial charge in [0.2, 0.25) is 20.0 Å². The number of nitrogens with one attached hydrogen (secondary N) is 1. The van der Waals surface area contributed by atoms with Crippen LogP contribution in [-0.2, 0) is 20.0 Å². The summed E-state index contributed by atoms with van der Waals surface area (Å²) in [4.78, 5) is 0. The Morgan fingerprint density at radius 1 is 1.16 bits per heavy atom. The fourth-order valence-corrected chi connectivity index (χ4v) is 4.69. The van der Waals surface area contributed by atoms with Gasteiger partial charge >= 0.3 is 0 Å². The number of unbranched alkanes of at least 4 members (excludes halogenated alkanes) is 1. The molecule has 0 spiro atoms. The van der Waals surface area contributed by atoms with Crippen LogP contribution < -0.4 is 4.72 Å². The number of nitrogens with zero attached hydrogens (tertiary/aromatic N) is 1. The zero-order chi connectivity index (χ0) is 14.5. The van der Waals surface area contributed by atoms with E-state index < -0.39 is 20.0 Å². The molecular formula is C10H21ClN2O4S2. The van der Waals surface area contributed by atoms with E-state index in [1.54, 1.807) is 0 Å². The molecule has 1 fully saturated rings. The summed E-state index contributed by atoms with van der Waals surface area (Å²) < 4.78 is 50.1. The van der Waals surface area contributed by atoms with E-state index in [2.05, 4.69) is 4.72 Å². The third-order valence-corrected chi connectivity index (χ3v) is 6.00. The standard InChI is InChI=1S/C10H21ClN2O4S2/c1-18(14,15)12-10-4-7-13(8-5-10)19(16,17)9-3-2-6-11/h10,12H,2-9H2,1H3. The Balaban J connectivity index is 2.44. The molecule has 19 heavy (non-hydrogen) atoms. The molecule has 1 heterocycles. The lowest BCUT2D eigenvalue weighted by molar-refractivity contribution is 0.308. The number of halogens is 1. The van der Waals surface area contributed by atoms with Crippen molar-refractivity contribution in [3.63, 3.8) is 0 Å². The van der Waals surface area contributed by atoms with Crippen molar-refractivity contribution in [2.45, 2.75) is 31.7 Å². The van der Waals surface area contributed by atoms with Crippen molar-refractivity contribution in [2.24, 2.45) is 0 Å². The second kappa shape index (κ2) is 7.21. The van der Waals surface area contributed by atoms with Crippen LogP contribution in [0.15, 0.2) is 0 Å². The molecule has 0 atom stereocenters. The zero-order valence-corrected chi connectivity index (χ0v) is 13.4. The van der Waals surface area contributed by atoms with Gasteiger partial charge in [0.05, 0.1) is 12.0 Å². The van der Waals surface area contributed by atoms with Crippen molar-refractivity contribution in [1.29, 1.82) is 0 Å². The number of rotatable bonds is 7. The van der Waals surface area contributed by atoms with Crippen LogP contribution in [0.3, 0.4) is 0 Å². The van der Waals surface area contributed by atoms with Gasteiger partial charge in [0.15, 0.2) is 0 Å². The molecule has 0 saturated carbocycles. The van der Waals surface area contributed by atoms with E-state index in [1.807, 2.05) is 0 Å². The highest BCUT2D eigenvalue weighted by Gasteiger charge is 2.28. The molecule has 6 nitrogen and oxygen atoms in total. The van der Waals surface area contributed by atoms with Crippen molar-refractivity contribution in [2.75, 3.05) is 31.0 Å². The molecule has 1 rings (SSSR count). The lowest BCUT2D eigenvalue weighted by Gasteiger charge is -2.31. The molecule has 0 radical (unpaired) electrons. The van der Waals surface area contributed by atoms with E-state index in [9.17, 15) is 16.8 Å². The van der Waals surface area contributed by atoms with E-state index in [4.69, 9.17) is 11.6 Å². The van der Waals surface area contributed by atoms with Crippen LogP contribution >= 0.6 is 11.6 Å². The number of piperidine rings is 1. The van der Waals surface area contributed by atoms with Crippen molar-refractivity contribution in [3.8, 4) is 0 Å². The van der Waals surface area contributed by atoms with Crippen LogP contribution in [0, 0.1) is 0 Å². The van der Waals surface area contributed by atoms with E-state index in [-0.39, 0.29) is 11.8 Å². The summed E-state index contributed by atoms with van der Waals surface area (Å²) in [6.45, 7) is 0.743. The SMILES string of the molecule is CS(=O)(=O)NC1CCN(S(=O)(=O)CCCCCl)CC1. The van der Waals surface area contributed by atoms with Gasteiger partial charge < -0.3 is 0 Å². The fourth-order valence-electron chi connectivity index (χ4n) is 2.06. The minimum absolute atomic E-state index is 0.115. The Morgan fingerprint density at radius 2 is 1.74 bits per heavy atom. The molecule has 0 amide bonds. The lowest BCUT2D eigenvalue weighted by atomic mass is 10.1. The number of sulfonamides is 2. The largest absolute Gasteiger partial charge is 0.214 e. The predicted octanol–water partition coefficient (Wildman–Crippen LogP) is 0.349. The summed E-state index contributed by atoms with van der Waals surface area (Å²) in [6.07, 6.45) is 3.39. The minimum atomic E-state index is -3.23. The van der Waals surface area contributed by atoms with Crippen LogP contribution in [0.5, 0.6) is 0 Å². The minimum Gasteiger partial charge on any atom is -0.213 e. The van der Waals surface area contributed by atoms with Crippen molar-refractivity contribution < 1.29 is 16.8 Å². The molecule has 114 valence electrons. The summed E-state index contributed by atoms with van der Waals surface area (Å²) >= 11 is 5.52. The molecule has 0 aromatic rings. The predicted molar refractivity (Wildman–Crippen MR) is 76.3 cm³/mol. The van der Waals surface area contributed by atoms with Crippen molar-refractivity contribution >= 4 is 31.6 Å².